The summed E-state index contributed by atoms with van der Waals surface area (Å²) in [5, 5.41) is 2.34. The van der Waals surface area contributed by atoms with Crippen LogP contribution in [0.1, 0.15) is 15.9 Å². The topological polar surface area (TPSA) is 89.5 Å². The summed E-state index contributed by atoms with van der Waals surface area (Å²) in [5.74, 6) is 0.913. The summed E-state index contributed by atoms with van der Waals surface area (Å²) in [6.07, 6.45) is 6.01. The molecule has 0 aliphatic heterocycles. The highest BCUT2D eigenvalue weighted by molar-refractivity contribution is 7.90. The molecule has 0 unspecified atom stereocenters. The Bertz CT molecular complexity index is 701. The van der Waals surface area contributed by atoms with Gasteiger partial charge in [0, 0.05) is 6.26 Å². The molecule has 1 rings (SSSR count). The molecule has 112 valence electrons. The zero-order valence-corrected chi connectivity index (χ0v) is 12.5. The van der Waals surface area contributed by atoms with E-state index in [1.807, 2.05) is 0 Å². The summed E-state index contributed by atoms with van der Waals surface area (Å²) in [7, 11) is -3.43. The first-order valence-electron chi connectivity index (χ1n) is 5.93. The molecule has 1 N–H and O–H groups in total. The number of carbonyl (C=O) groups excluding carboxylic acids is 2. The van der Waals surface area contributed by atoms with Crippen molar-refractivity contribution in [2.75, 3.05) is 19.4 Å². The fourth-order valence-corrected chi connectivity index (χ4v) is 2.11. The highest BCUT2D eigenvalue weighted by Gasteiger charge is 2.16. The maximum Gasteiger partial charge on any atom is 0.338 e. The molecule has 1 aromatic carbocycles. The fraction of sp³-hybridized carbons (Fsp3) is 0.286. The SMILES string of the molecule is C#CCNC(=O)COC(=O)c1cc(S(C)(=O)=O)ccc1C. The normalized spacial score (nSPS) is 10.5. The number of amides is 1. The molecule has 0 spiro atoms. The number of hydrogen-bond donors (Lipinski definition) is 1. The van der Waals surface area contributed by atoms with Crippen LogP contribution in [0.2, 0.25) is 0 Å². The largest absolute Gasteiger partial charge is 0.452 e. The lowest BCUT2D eigenvalue weighted by atomic mass is 10.1. The van der Waals surface area contributed by atoms with Crippen molar-refractivity contribution >= 4 is 21.7 Å². The van der Waals surface area contributed by atoms with Crippen molar-refractivity contribution in [1.29, 1.82) is 0 Å². The quantitative estimate of drug-likeness (QED) is 0.624. The number of benzene rings is 1. The predicted molar refractivity (Wildman–Crippen MR) is 76.4 cm³/mol. The van der Waals surface area contributed by atoms with Crippen molar-refractivity contribution in [3.05, 3.63) is 29.3 Å². The number of nitrogens with one attached hydrogen (secondary N) is 1. The maximum absolute atomic E-state index is 11.9. The Morgan fingerprint density at radius 3 is 2.62 bits per heavy atom. The number of rotatable bonds is 5. The van der Waals surface area contributed by atoms with Gasteiger partial charge in [-0.2, -0.15) is 0 Å². The zero-order chi connectivity index (χ0) is 16.0. The van der Waals surface area contributed by atoms with Gasteiger partial charge in [-0.3, -0.25) is 4.79 Å². The van der Waals surface area contributed by atoms with E-state index < -0.39 is 28.3 Å². The van der Waals surface area contributed by atoms with E-state index in [0.29, 0.717) is 5.56 Å². The fourth-order valence-electron chi connectivity index (χ4n) is 1.46. The molecule has 0 radical (unpaired) electrons. The average molecular weight is 309 g/mol. The van der Waals surface area contributed by atoms with Crippen LogP contribution >= 0.6 is 0 Å². The summed E-state index contributed by atoms with van der Waals surface area (Å²) in [6.45, 7) is 1.20. The van der Waals surface area contributed by atoms with Gasteiger partial charge < -0.3 is 10.1 Å². The van der Waals surface area contributed by atoms with E-state index in [9.17, 15) is 18.0 Å². The molecule has 0 saturated heterocycles. The summed E-state index contributed by atoms with van der Waals surface area (Å²) >= 11 is 0. The van der Waals surface area contributed by atoms with Crippen LogP contribution in [0.4, 0.5) is 0 Å². The summed E-state index contributed by atoms with van der Waals surface area (Å²) in [4.78, 5) is 23.2. The van der Waals surface area contributed by atoms with Gasteiger partial charge in [0.05, 0.1) is 17.0 Å². The van der Waals surface area contributed by atoms with Crippen LogP contribution in [0, 0.1) is 19.3 Å². The second kappa shape index (κ2) is 6.90. The number of sulfone groups is 1. The van der Waals surface area contributed by atoms with Gasteiger partial charge in [0.2, 0.25) is 0 Å². The third-order valence-corrected chi connectivity index (χ3v) is 3.69. The highest BCUT2D eigenvalue weighted by Crippen LogP contribution is 2.16. The molecule has 21 heavy (non-hydrogen) atoms. The monoisotopic (exact) mass is 309 g/mol. The van der Waals surface area contributed by atoms with E-state index in [0.717, 1.165) is 6.26 Å². The Labute approximate surface area is 123 Å². The van der Waals surface area contributed by atoms with Crippen molar-refractivity contribution < 1.29 is 22.7 Å². The van der Waals surface area contributed by atoms with Crippen molar-refractivity contribution in [1.82, 2.24) is 5.32 Å². The molecule has 0 aliphatic rings. The van der Waals surface area contributed by atoms with Crippen molar-refractivity contribution in [3.8, 4) is 12.3 Å². The van der Waals surface area contributed by atoms with E-state index in [2.05, 4.69) is 11.2 Å². The van der Waals surface area contributed by atoms with Crippen LogP contribution in [0.3, 0.4) is 0 Å². The van der Waals surface area contributed by atoms with E-state index in [-0.39, 0.29) is 17.0 Å². The van der Waals surface area contributed by atoms with Crippen LogP contribution in [-0.2, 0) is 19.4 Å². The van der Waals surface area contributed by atoms with Crippen molar-refractivity contribution in [2.24, 2.45) is 0 Å². The molecule has 1 amide bonds. The Morgan fingerprint density at radius 2 is 2.05 bits per heavy atom. The van der Waals surface area contributed by atoms with Crippen molar-refractivity contribution in [2.45, 2.75) is 11.8 Å². The summed E-state index contributed by atoms with van der Waals surface area (Å²) in [6, 6.07) is 4.14. The molecule has 0 bridgehead atoms. The minimum atomic E-state index is -3.43. The number of ether oxygens (including phenoxy) is 1. The summed E-state index contributed by atoms with van der Waals surface area (Å²) in [5.41, 5.74) is 0.652. The van der Waals surface area contributed by atoms with Gasteiger partial charge in [0.15, 0.2) is 16.4 Å². The number of esters is 1. The maximum atomic E-state index is 11.9. The number of hydrogen-bond acceptors (Lipinski definition) is 5. The van der Waals surface area contributed by atoms with Crippen LogP contribution in [0.5, 0.6) is 0 Å². The third kappa shape index (κ3) is 4.93. The first kappa shape index (κ1) is 16.7. The van der Waals surface area contributed by atoms with Crippen LogP contribution in [-0.4, -0.2) is 39.7 Å². The van der Waals surface area contributed by atoms with Crippen LogP contribution < -0.4 is 5.32 Å². The average Bonchev–Trinajstić information content (AvgIpc) is 2.41. The van der Waals surface area contributed by atoms with E-state index in [4.69, 9.17) is 11.2 Å². The molecule has 0 aliphatic carbocycles. The van der Waals surface area contributed by atoms with Gasteiger partial charge in [0.25, 0.3) is 5.91 Å². The molecule has 0 fully saturated rings. The smallest absolute Gasteiger partial charge is 0.338 e. The van der Waals surface area contributed by atoms with Crippen LogP contribution in [0.25, 0.3) is 0 Å². The minimum absolute atomic E-state index is 0.0110. The molecule has 0 saturated carbocycles. The minimum Gasteiger partial charge on any atom is -0.452 e. The Balaban J connectivity index is 2.84. The first-order valence-corrected chi connectivity index (χ1v) is 7.83. The Hall–Kier alpha value is -2.33. The number of aryl methyl sites for hydroxylation is 1. The van der Waals surface area contributed by atoms with E-state index >= 15 is 0 Å². The molecular weight excluding hydrogens is 294 g/mol. The second-order valence-electron chi connectivity index (χ2n) is 4.31. The van der Waals surface area contributed by atoms with Gasteiger partial charge in [-0.05, 0) is 24.6 Å². The standard InChI is InChI=1S/C14H15NO5S/c1-4-7-15-13(16)9-20-14(17)12-8-11(21(3,18)19)6-5-10(12)2/h1,5-6,8H,7,9H2,2-3H3,(H,15,16). The Morgan fingerprint density at radius 1 is 1.38 bits per heavy atom. The Kier molecular flexibility index (Phi) is 5.50. The lowest BCUT2D eigenvalue weighted by Crippen LogP contribution is -2.29. The predicted octanol–water partition coefficient (Wildman–Crippen LogP) is 0.305. The molecule has 0 aromatic heterocycles. The lowest BCUT2D eigenvalue weighted by molar-refractivity contribution is -0.123. The molecule has 1 aromatic rings. The van der Waals surface area contributed by atoms with E-state index in [1.165, 1.54) is 18.2 Å². The highest BCUT2D eigenvalue weighted by atomic mass is 32.2. The van der Waals surface area contributed by atoms with Crippen LogP contribution in [0.15, 0.2) is 23.1 Å². The molecular formula is C14H15NO5S. The molecule has 7 heteroatoms. The van der Waals surface area contributed by atoms with Gasteiger partial charge >= 0.3 is 5.97 Å². The third-order valence-electron chi connectivity index (χ3n) is 2.58. The zero-order valence-electron chi connectivity index (χ0n) is 11.7. The van der Waals surface area contributed by atoms with Gasteiger partial charge in [0.1, 0.15) is 0 Å². The molecule has 0 heterocycles. The van der Waals surface area contributed by atoms with Gasteiger partial charge in [-0.1, -0.05) is 12.0 Å². The number of terminal acetylenes is 1. The van der Waals surface area contributed by atoms with E-state index in [1.54, 1.807) is 6.92 Å². The van der Waals surface area contributed by atoms with Gasteiger partial charge in [-0.25, -0.2) is 13.2 Å². The number of carbonyl (C=O) groups is 2. The second-order valence-corrected chi connectivity index (χ2v) is 6.32. The van der Waals surface area contributed by atoms with Gasteiger partial charge in [-0.15, -0.1) is 6.42 Å². The lowest BCUT2D eigenvalue weighted by Gasteiger charge is -2.08. The first-order chi connectivity index (χ1) is 9.75. The molecule has 0 atom stereocenters. The molecule has 6 nitrogen and oxygen atoms in total. The summed E-state index contributed by atoms with van der Waals surface area (Å²) < 4.78 is 27.8. The van der Waals surface area contributed by atoms with Crippen molar-refractivity contribution in [3.63, 3.8) is 0 Å².